The van der Waals surface area contributed by atoms with E-state index in [0.717, 1.165) is 30.9 Å². The van der Waals surface area contributed by atoms with Crippen LogP contribution in [0.5, 0.6) is 0 Å². The summed E-state index contributed by atoms with van der Waals surface area (Å²) in [7, 11) is 0. The van der Waals surface area contributed by atoms with Crippen LogP contribution in [0.15, 0.2) is 24.8 Å². The molecule has 2 aromatic rings. The molecule has 0 aliphatic rings. The van der Waals surface area contributed by atoms with Gasteiger partial charge < -0.3 is 5.32 Å². The molecule has 0 saturated carbocycles. The zero-order valence-electron chi connectivity index (χ0n) is 11.2. The summed E-state index contributed by atoms with van der Waals surface area (Å²) in [5.41, 5.74) is 1.05. The van der Waals surface area contributed by atoms with Crippen LogP contribution in [0, 0.1) is 0 Å². The van der Waals surface area contributed by atoms with Crippen molar-refractivity contribution < 1.29 is 0 Å². The van der Waals surface area contributed by atoms with Crippen LogP contribution in [0.2, 0.25) is 5.02 Å². The lowest BCUT2D eigenvalue weighted by Crippen LogP contribution is -2.24. The fourth-order valence-corrected chi connectivity index (χ4v) is 2.35. The van der Waals surface area contributed by atoms with Gasteiger partial charge in [0.05, 0.1) is 5.02 Å². The van der Waals surface area contributed by atoms with Gasteiger partial charge in [-0.25, -0.2) is 4.98 Å². The standard InChI is InChI=1S/C13H18ClN5/c1-3-16-12(10-5-6-15-8-11(10)14)7-13-17-9-18-19(13)4-2/h5-6,8-9,12,16H,3-4,7H2,1-2H3. The van der Waals surface area contributed by atoms with Gasteiger partial charge in [0.25, 0.3) is 0 Å². The Hall–Kier alpha value is -1.46. The van der Waals surface area contributed by atoms with E-state index >= 15 is 0 Å². The fraction of sp³-hybridized carbons (Fsp3) is 0.462. The van der Waals surface area contributed by atoms with E-state index in [4.69, 9.17) is 11.6 Å². The summed E-state index contributed by atoms with van der Waals surface area (Å²) in [6.07, 6.45) is 5.78. The predicted molar refractivity (Wildman–Crippen MR) is 75.1 cm³/mol. The van der Waals surface area contributed by atoms with Crippen LogP contribution in [0.3, 0.4) is 0 Å². The van der Waals surface area contributed by atoms with Gasteiger partial charge in [0, 0.05) is 31.4 Å². The zero-order chi connectivity index (χ0) is 13.7. The minimum atomic E-state index is 0.120. The number of likely N-dealkylation sites (N-methyl/N-ethyl adjacent to an activating group) is 1. The molecule has 2 heterocycles. The van der Waals surface area contributed by atoms with Crippen molar-refractivity contribution >= 4 is 11.6 Å². The Labute approximate surface area is 118 Å². The van der Waals surface area contributed by atoms with E-state index in [1.54, 1.807) is 18.7 Å². The number of nitrogens with one attached hydrogen (secondary N) is 1. The summed E-state index contributed by atoms with van der Waals surface area (Å²) in [5.74, 6) is 0.960. The first kappa shape index (κ1) is 14.0. The molecule has 0 spiro atoms. The van der Waals surface area contributed by atoms with Gasteiger partial charge in [0.2, 0.25) is 0 Å². The fourth-order valence-electron chi connectivity index (χ4n) is 2.10. The summed E-state index contributed by atoms with van der Waals surface area (Å²) in [6.45, 7) is 5.81. The van der Waals surface area contributed by atoms with Crippen molar-refractivity contribution in [3.05, 3.63) is 41.2 Å². The summed E-state index contributed by atoms with van der Waals surface area (Å²) in [6, 6.07) is 2.07. The Morgan fingerprint density at radius 1 is 1.42 bits per heavy atom. The lowest BCUT2D eigenvalue weighted by molar-refractivity contribution is 0.509. The number of hydrogen-bond donors (Lipinski definition) is 1. The van der Waals surface area contributed by atoms with Crippen LogP contribution in [0.25, 0.3) is 0 Å². The average Bonchev–Trinajstić information content (AvgIpc) is 2.86. The van der Waals surface area contributed by atoms with Gasteiger partial charge in [0.15, 0.2) is 0 Å². The molecule has 19 heavy (non-hydrogen) atoms. The number of pyridine rings is 1. The third-order valence-electron chi connectivity index (χ3n) is 3.01. The first-order chi connectivity index (χ1) is 9.26. The molecule has 102 valence electrons. The molecule has 0 aliphatic heterocycles. The number of nitrogens with zero attached hydrogens (tertiary/aromatic N) is 4. The lowest BCUT2D eigenvalue weighted by atomic mass is 10.0. The third-order valence-corrected chi connectivity index (χ3v) is 3.33. The average molecular weight is 280 g/mol. The second kappa shape index (κ2) is 6.63. The maximum Gasteiger partial charge on any atom is 0.138 e. The van der Waals surface area contributed by atoms with E-state index in [-0.39, 0.29) is 6.04 Å². The minimum absolute atomic E-state index is 0.120. The van der Waals surface area contributed by atoms with Gasteiger partial charge in [-0.2, -0.15) is 5.10 Å². The van der Waals surface area contributed by atoms with Crippen molar-refractivity contribution in [3.63, 3.8) is 0 Å². The number of hydrogen-bond acceptors (Lipinski definition) is 4. The highest BCUT2D eigenvalue weighted by atomic mass is 35.5. The van der Waals surface area contributed by atoms with Crippen LogP contribution >= 0.6 is 11.6 Å². The number of halogens is 1. The largest absolute Gasteiger partial charge is 0.310 e. The molecule has 0 amide bonds. The Kier molecular flexibility index (Phi) is 4.87. The Morgan fingerprint density at radius 2 is 2.26 bits per heavy atom. The van der Waals surface area contributed by atoms with E-state index < -0.39 is 0 Å². The summed E-state index contributed by atoms with van der Waals surface area (Å²) >= 11 is 6.22. The maximum atomic E-state index is 6.22. The van der Waals surface area contributed by atoms with Crippen molar-refractivity contribution in [1.82, 2.24) is 25.1 Å². The smallest absolute Gasteiger partial charge is 0.138 e. The molecule has 1 atom stereocenters. The van der Waals surface area contributed by atoms with Gasteiger partial charge in [-0.15, -0.1) is 0 Å². The molecule has 0 aromatic carbocycles. The molecule has 0 bridgehead atoms. The molecular weight excluding hydrogens is 262 g/mol. The second-order valence-electron chi connectivity index (χ2n) is 4.20. The molecule has 0 fully saturated rings. The number of rotatable bonds is 6. The van der Waals surface area contributed by atoms with Gasteiger partial charge in [-0.05, 0) is 25.1 Å². The topological polar surface area (TPSA) is 55.6 Å². The summed E-state index contributed by atoms with van der Waals surface area (Å²) in [4.78, 5) is 8.34. The van der Waals surface area contributed by atoms with Gasteiger partial charge >= 0.3 is 0 Å². The minimum Gasteiger partial charge on any atom is -0.310 e. The number of aromatic nitrogens is 4. The Balaban J connectivity index is 2.24. The van der Waals surface area contributed by atoms with Crippen molar-refractivity contribution in [2.75, 3.05) is 6.54 Å². The highest BCUT2D eigenvalue weighted by molar-refractivity contribution is 6.31. The molecule has 0 aliphatic carbocycles. The normalized spacial score (nSPS) is 12.6. The van der Waals surface area contributed by atoms with E-state index in [1.165, 1.54) is 0 Å². The van der Waals surface area contributed by atoms with Crippen molar-refractivity contribution in [1.29, 1.82) is 0 Å². The Bertz CT molecular complexity index is 525. The van der Waals surface area contributed by atoms with E-state index in [9.17, 15) is 0 Å². The first-order valence-corrected chi connectivity index (χ1v) is 6.83. The van der Waals surface area contributed by atoms with Gasteiger partial charge in [0.1, 0.15) is 12.2 Å². The number of aryl methyl sites for hydroxylation is 1. The van der Waals surface area contributed by atoms with Crippen LogP contribution in [-0.2, 0) is 13.0 Å². The van der Waals surface area contributed by atoms with Crippen LogP contribution in [0.4, 0.5) is 0 Å². The first-order valence-electron chi connectivity index (χ1n) is 6.45. The van der Waals surface area contributed by atoms with Crippen molar-refractivity contribution in [2.24, 2.45) is 0 Å². The van der Waals surface area contributed by atoms with E-state index in [0.29, 0.717) is 5.02 Å². The zero-order valence-corrected chi connectivity index (χ0v) is 11.9. The van der Waals surface area contributed by atoms with Crippen LogP contribution < -0.4 is 5.32 Å². The molecular formula is C13H18ClN5. The van der Waals surface area contributed by atoms with Crippen LogP contribution in [0.1, 0.15) is 31.3 Å². The van der Waals surface area contributed by atoms with Gasteiger partial charge in [-0.1, -0.05) is 18.5 Å². The Morgan fingerprint density at radius 3 is 2.95 bits per heavy atom. The second-order valence-corrected chi connectivity index (χ2v) is 4.61. The van der Waals surface area contributed by atoms with E-state index in [1.807, 2.05) is 10.7 Å². The molecule has 0 radical (unpaired) electrons. The monoisotopic (exact) mass is 279 g/mol. The highest BCUT2D eigenvalue weighted by Gasteiger charge is 2.17. The van der Waals surface area contributed by atoms with Gasteiger partial charge in [-0.3, -0.25) is 9.67 Å². The van der Waals surface area contributed by atoms with Crippen molar-refractivity contribution in [3.8, 4) is 0 Å². The molecule has 0 saturated heterocycles. The molecule has 6 heteroatoms. The molecule has 2 rings (SSSR count). The lowest BCUT2D eigenvalue weighted by Gasteiger charge is -2.19. The molecule has 1 unspecified atom stereocenters. The predicted octanol–water partition coefficient (Wildman–Crippen LogP) is 2.24. The quantitative estimate of drug-likeness (QED) is 0.881. The molecule has 2 aromatic heterocycles. The third kappa shape index (κ3) is 3.30. The SMILES string of the molecule is CCNC(Cc1ncnn1CC)c1ccncc1Cl. The maximum absolute atomic E-state index is 6.22. The molecule has 5 nitrogen and oxygen atoms in total. The highest BCUT2D eigenvalue weighted by Crippen LogP contribution is 2.24. The van der Waals surface area contributed by atoms with E-state index in [2.05, 4.69) is 34.2 Å². The summed E-state index contributed by atoms with van der Waals surface area (Å²) < 4.78 is 1.90. The van der Waals surface area contributed by atoms with Crippen molar-refractivity contribution in [2.45, 2.75) is 32.9 Å². The van der Waals surface area contributed by atoms with Crippen LogP contribution in [-0.4, -0.2) is 26.3 Å². The summed E-state index contributed by atoms with van der Waals surface area (Å²) in [5, 5.41) is 8.31. The molecule has 1 N–H and O–H groups in total.